The maximum atomic E-state index is 15.6. The smallest absolute Gasteiger partial charge is 0.340 e. The van der Waals surface area contributed by atoms with E-state index in [1.807, 2.05) is 6.92 Å². The van der Waals surface area contributed by atoms with Crippen molar-refractivity contribution < 1.29 is 53.4 Å². The van der Waals surface area contributed by atoms with Crippen LogP contribution in [0.25, 0.3) is 11.0 Å². The molecule has 8 aliphatic rings. The molecule has 0 saturated heterocycles. The largest absolute Gasteiger partial charge is 0.483 e. The summed E-state index contributed by atoms with van der Waals surface area (Å²) < 4.78 is 32.7. The predicted molar refractivity (Wildman–Crippen MR) is 303 cm³/mol. The Morgan fingerprint density at radius 1 is 0.762 bits per heavy atom. The van der Waals surface area contributed by atoms with E-state index in [0.29, 0.717) is 47.0 Å². The molecule has 12 nitrogen and oxygen atoms in total. The number of esters is 2. The van der Waals surface area contributed by atoms with Crippen LogP contribution in [0.2, 0.25) is 0 Å². The molecule has 1 spiro atoms. The minimum Gasteiger partial charge on any atom is -0.483 e. The van der Waals surface area contributed by atoms with Gasteiger partial charge in [0.2, 0.25) is 0 Å². The van der Waals surface area contributed by atoms with Crippen molar-refractivity contribution in [3.05, 3.63) is 168 Å². The number of rotatable bonds is 10. The number of hydrogen-bond donors (Lipinski definition) is 4. The van der Waals surface area contributed by atoms with Gasteiger partial charge < -0.3 is 43.8 Å². The van der Waals surface area contributed by atoms with Crippen molar-refractivity contribution in [1.82, 2.24) is 0 Å². The highest BCUT2D eigenvalue weighted by Crippen LogP contribution is 2.62. The molecule has 422 valence electrons. The van der Waals surface area contributed by atoms with E-state index in [2.05, 4.69) is 78.9 Å². The van der Waals surface area contributed by atoms with Crippen molar-refractivity contribution in [1.29, 1.82) is 0 Å². The molecule has 0 unspecified atom stereocenters. The summed E-state index contributed by atoms with van der Waals surface area (Å²) in [5.41, 5.74) is 8.74. The first-order valence-corrected chi connectivity index (χ1v) is 29.9. The molecule has 2 fully saturated rings. The number of hydrogen-bond acceptors (Lipinski definition) is 12. The van der Waals surface area contributed by atoms with E-state index >= 15 is 9.59 Å². The van der Waals surface area contributed by atoms with Crippen molar-refractivity contribution in [3.8, 4) is 5.75 Å². The van der Waals surface area contributed by atoms with Gasteiger partial charge in [-0.25, -0.2) is 9.59 Å². The number of aliphatic hydroxyl groups is 4. The van der Waals surface area contributed by atoms with Crippen LogP contribution in [0.15, 0.2) is 111 Å². The van der Waals surface area contributed by atoms with Crippen molar-refractivity contribution in [2.75, 3.05) is 26.6 Å². The lowest BCUT2D eigenvalue weighted by molar-refractivity contribution is -0.201. The minimum absolute atomic E-state index is 0.0110. The average Bonchev–Trinajstić information content (AvgIpc) is 2.32. The van der Waals surface area contributed by atoms with Crippen molar-refractivity contribution in [2.24, 2.45) is 23.7 Å². The van der Waals surface area contributed by atoms with Crippen LogP contribution in [0, 0.1) is 23.7 Å². The zero-order chi connectivity index (χ0) is 55.3. The molecule has 1 aromatic heterocycles. The molecule has 13 rings (SSSR count). The van der Waals surface area contributed by atoms with Gasteiger partial charge in [0, 0.05) is 58.6 Å². The van der Waals surface area contributed by atoms with Gasteiger partial charge in [-0.2, -0.15) is 0 Å². The summed E-state index contributed by atoms with van der Waals surface area (Å²) >= 11 is 0. The average molecular weight is 1090 g/mol. The van der Waals surface area contributed by atoms with Crippen LogP contribution in [-0.4, -0.2) is 70.7 Å². The number of fused-ring (bicyclic) bond motifs is 13. The van der Waals surface area contributed by atoms with Gasteiger partial charge in [0.05, 0.1) is 25.4 Å². The van der Waals surface area contributed by atoms with E-state index in [1.165, 1.54) is 53.5 Å². The number of carbonyl (C=O) groups excluding carboxylic acids is 2. The molecule has 10 atom stereocenters. The van der Waals surface area contributed by atoms with Crippen LogP contribution in [0.3, 0.4) is 0 Å². The third-order valence-electron chi connectivity index (χ3n) is 20.5. The SMILES string of the molecule is C/C(CO)=C1\CCc2ccc(cc2)[C@@H]2C=C[C@@H](c3cccc4c3CC[C@@H]3CCC[C@H]5CCc6ccccc6[C@]453)C[C@H]2CC(=O)O[C@@H]2c3c(ccc4c(CO)c([C@H](CCO)COCO)c(=O)oc34)O[C@@](C)(C3CCCCC3)[C@H]2OC1=O. The normalized spacial score (nSPS) is 29.6. The van der Waals surface area contributed by atoms with Gasteiger partial charge in [-0.1, -0.05) is 105 Å². The third-order valence-corrected chi connectivity index (χ3v) is 20.5. The van der Waals surface area contributed by atoms with E-state index in [0.717, 1.165) is 62.5 Å². The number of ether oxygens (including phenoxy) is 4. The number of allylic oxidation sites excluding steroid dienone is 2. The van der Waals surface area contributed by atoms with E-state index in [4.69, 9.17) is 23.4 Å². The Morgan fingerprint density at radius 3 is 2.29 bits per heavy atom. The van der Waals surface area contributed by atoms with Crippen molar-refractivity contribution in [3.63, 3.8) is 0 Å². The molecule has 4 N–H and O–H groups in total. The van der Waals surface area contributed by atoms with Gasteiger partial charge in [0.25, 0.3) is 0 Å². The fourth-order valence-corrected chi connectivity index (χ4v) is 16.7. The van der Waals surface area contributed by atoms with E-state index in [-0.39, 0.29) is 90.4 Å². The molecule has 4 aromatic carbocycles. The van der Waals surface area contributed by atoms with Crippen LogP contribution >= 0.6 is 0 Å². The standard InChI is InChI=1S/C68H78O12/c1-40(36-70)50-27-20-41-18-21-42(22-19-41)51-28-24-44(52-15-9-17-57-53(52)29-26-49-14-8-13-48-25-23-43-10-6-7-16-56(43)68(48,49)57)34-46(51)35-59(73)77-63-61-58(80-67(2,64(63)79-65(50)74)47-11-4-3-5-12-47)31-30-54-55(37-71)60(66(75)78-62(54)61)45(32-33-69)38-76-39-72/h6-7,9-10,15-19,21-22,24,28,30-31,44-49,51,63-64,69-72H,3-5,8,11-14,20,23,25-27,29,32-39H2,1-2H3/b50-40-/t44-,45-,46+,48+,49+,51+,63-,64+,67+,68+/m1/s1. The third kappa shape index (κ3) is 9.48. The minimum atomic E-state index is -1.34. The highest BCUT2D eigenvalue weighted by Gasteiger charge is 2.58. The van der Waals surface area contributed by atoms with E-state index < -0.39 is 54.7 Å². The van der Waals surface area contributed by atoms with Crippen LogP contribution in [0.4, 0.5) is 0 Å². The first-order valence-electron chi connectivity index (χ1n) is 29.9. The second kappa shape index (κ2) is 22.8. The summed E-state index contributed by atoms with van der Waals surface area (Å²) in [6.45, 7) is 1.66. The summed E-state index contributed by atoms with van der Waals surface area (Å²) in [6.07, 6.45) is 16.4. The highest BCUT2D eigenvalue weighted by atomic mass is 16.6. The molecular formula is C68H78O12. The molecule has 3 aliphatic heterocycles. The number of benzene rings is 4. The monoisotopic (exact) mass is 1090 g/mol. The molecule has 80 heavy (non-hydrogen) atoms. The lowest BCUT2D eigenvalue weighted by atomic mass is 9.46. The Kier molecular flexibility index (Phi) is 15.6. The van der Waals surface area contributed by atoms with Gasteiger partial charge in [0.1, 0.15) is 23.7 Å². The Balaban J connectivity index is 0.991. The van der Waals surface area contributed by atoms with Crippen molar-refractivity contribution >= 4 is 22.9 Å². The van der Waals surface area contributed by atoms with Crippen molar-refractivity contribution in [2.45, 2.75) is 171 Å². The summed E-state index contributed by atoms with van der Waals surface area (Å²) in [5, 5.41) is 41.8. The molecule has 5 aromatic rings. The maximum absolute atomic E-state index is 15.6. The second-order valence-electron chi connectivity index (χ2n) is 24.5. The topological polar surface area (TPSA) is 182 Å². The zero-order valence-corrected chi connectivity index (χ0v) is 46.5. The quantitative estimate of drug-likeness (QED) is 0.0342. The van der Waals surface area contributed by atoms with Crippen LogP contribution in [0.5, 0.6) is 5.75 Å². The lowest BCUT2D eigenvalue weighted by Crippen LogP contribution is -2.58. The van der Waals surface area contributed by atoms with E-state index in [9.17, 15) is 25.2 Å². The molecule has 4 heterocycles. The van der Waals surface area contributed by atoms with Crippen LogP contribution in [-0.2, 0) is 55.1 Å². The second-order valence-corrected chi connectivity index (χ2v) is 24.5. The fourth-order valence-electron chi connectivity index (χ4n) is 16.7. The number of carbonyl (C=O) groups is 2. The predicted octanol–water partition coefficient (Wildman–Crippen LogP) is 11.3. The summed E-state index contributed by atoms with van der Waals surface area (Å²) in [4.78, 5) is 45.2. The summed E-state index contributed by atoms with van der Waals surface area (Å²) in [7, 11) is 0. The van der Waals surface area contributed by atoms with Gasteiger partial charge in [0.15, 0.2) is 12.2 Å². The Bertz CT molecular complexity index is 3250. The first-order chi connectivity index (χ1) is 39.0. The van der Waals surface area contributed by atoms with E-state index in [1.54, 1.807) is 19.1 Å². The molecule has 5 aliphatic carbocycles. The molecule has 0 amide bonds. The first kappa shape index (κ1) is 54.7. The molecular weight excluding hydrogens is 1010 g/mol. The molecule has 0 radical (unpaired) electrons. The lowest BCUT2D eigenvalue weighted by Gasteiger charge is -2.57. The van der Waals surface area contributed by atoms with Gasteiger partial charge in [-0.3, -0.25) is 4.79 Å². The zero-order valence-electron chi connectivity index (χ0n) is 46.5. The Morgan fingerprint density at radius 2 is 1.52 bits per heavy atom. The molecule has 2 saturated carbocycles. The van der Waals surface area contributed by atoms with Gasteiger partial charge in [-0.15, -0.1) is 0 Å². The molecule has 2 bridgehead atoms. The Labute approximate surface area is 469 Å². The van der Waals surface area contributed by atoms with Gasteiger partial charge >= 0.3 is 17.6 Å². The highest BCUT2D eigenvalue weighted by molar-refractivity contribution is 5.90. The van der Waals surface area contributed by atoms with Crippen LogP contribution in [0.1, 0.15) is 183 Å². The summed E-state index contributed by atoms with van der Waals surface area (Å²) in [6, 6.07) is 28.3. The number of aryl methyl sites for hydroxylation is 2. The Hall–Kier alpha value is -5.89. The van der Waals surface area contributed by atoms with Crippen LogP contribution < -0.4 is 10.4 Å². The number of aliphatic hydroxyl groups excluding tert-OH is 4. The molecule has 12 heteroatoms. The van der Waals surface area contributed by atoms with Gasteiger partial charge in [-0.05, 0) is 171 Å². The maximum Gasteiger partial charge on any atom is 0.340 e. The fraction of sp³-hybridized carbons (Fsp3) is 0.515. The summed E-state index contributed by atoms with van der Waals surface area (Å²) in [5.74, 6) is -0.842.